The highest BCUT2D eigenvalue weighted by Crippen LogP contribution is 2.39. The van der Waals surface area contributed by atoms with Crippen LogP contribution in [0.5, 0.6) is 0 Å². The topological polar surface area (TPSA) is 98.6 Å². The maximum absolute atomic E-state index is 14.7. The summed E-state index contributed by atoms with van der Waals surface area (Å²) in [4.78, 5) is 22.7. The molecule has 180 valence electrons. The summed E-state index contributed by atoms with van der Waals surface area (Å²) in [7, 11) is 0. The highest BCUT2D eigenvalue weighted by Gasteiger charge is 2.46. The summed E-state index contributed by atoms with van der Waals surface area (Å²) in [5.74, 6) is -1.86. The van der Waals surface area contributed by atoms with Gasteiger partial charge in [0.05, 0.1) is 22.7 Å². The van der Waals surface area contributed by atoms with Crippen LogP contribution in [0.3, 0.4) is 0 Å². The number of anilines is 2. The monoisotopic (exact) mass is 508 g/mol. The van der Waals surface area contributed by atoms with E-state index in [-0.39, 0.29) is 49.7 Å². The van der Waals surface area contributed by atoms with Gasteiger partial charge in [-0.2, -0.15) is 0 Å². The highest BCUT2D eigenvalue weighted by atomic mass is 35.5. The van der Waals surface area contributed by atoms with Crippen molar-refractivity contribution in [3.8, 4) is 0 Å². The van der Waals surface area contributed by atoms with E-state index in [1.165, 1.54) is 29.5 Å². The van der Waals surface area contributed by atoms with Gasteiger partial charge < -0.3 is 15.5 Å². The number of pyridine rings is 1. The first kappa shape index (κ1) is 24.5. The molecule has 1 saturated heterocycles. The Balaban J connectivity index is 1.55. The maximum atomic E-state index is 14.7. The van der Waals surface area contributed by atoms with Gasteiger partial charge in [-0.15, -0.1) is 11.3 Å². The molecule has 0 amide bonds. The number of thiazole rings is 1. The fourth-order valence-corrected chi connectivity index (χ4v) is 5.05. The van der Waals surface area contributed by atoms with Crippen LogP contribution in [0, 0.1) is 17.0 Å². The zero-order valence-electron chi connectivity index (χ0n) is 18.0. The van der Waals surface area contributed by atoms with Crippen molar-refractivity contribution in [1.82, 2.24) is 14.9 Å². The molecule has 7 nitrogen and oxygen atoms in total. The Morgan fingerprint density at radius 2 is 2.15 bits per heavy atom. The number of carbonyl (C=O) groups is 1. The van der Waals surface area contributed by atoms with Crippen LogP contribution in [-0.2, 0) is 17.8 Å². The largest absolute Gasteiger partial charge is 0.481 e. The van der Waals surface area contributed by atoms with E-state index < -0.39 is 29.1 Å². The Bertz CT molecular complexity index is 1170. The first-order chi connectivity index (χ1) is 16.3. The van der Waals surface area contributed by atoms with Crippen molar-refractivity contribution in [2.75, 3.05) is 18.5 Å². The Morgan fingerprint density at radius 1 is 1.32 bits per heavy atom. The summed E-state index contributed by atoms with van der Waals surface area (Å²) in [6, 6.07) is 6.86. The quantitative estimate of drug-likeness (QED) is 0.412. The third-order valence-electron chi connectivity index (χ3n) is 6.18. The van der Waals surface area contributed by atoms with Crippen LogP contribution < -0.4 is 5.32 Å². The number of carboxylic acids is 1. The Labute approximate surface area is 204 Å². The molecule has 0 saturated carbocycles. The van der Waals surface area contributed by atoms with Crippen molar-refractivity contribution in [3.05, 3.63) is 69.8 Å². The lowest BCUT2D eigenvalue weighted by atomic mass is 9.72. The number of hydrogen-bond acceptors (Lipinski definition) is 7. The van der Waals surface area contributed by atoms with Gasteiger partial charge in [0.25, 0.3) is 0 Å². The van der Waals surface area contributed by atoms with E-state index in [2.05, 4.69) is 15.3 Å². The molecule has 2 atom stereocenters. The number of aliphatic carboxylic acids is 1. The maximum Gasteiger partial charge on any atom is 0.310 e. The average Bonchev–Trinajstić information content (AvgIpc) is 3.33. The minimum atomic E-state index is -1.33. The van der Waals surface area contributed by atoms with Crippen LogP contribution in [0.4, 0.5) is 19.7 Å². The lowest BCUT2D eigenvalue weighted by Crippen LogP contribution is -2.52. The molecule has 2 unspecified atom stereocenters. The van der Waals surface area contributed by atoms with Gasteiger partial charge in [0.2, 0.25) is 0 Å². The molecule has 0 spiro atoms. The van der Waals surface area contributed by atoms with Gasteiger partial charge in [0, 0.05) is 36.1 Å². The molecule has 3 heterocycles. The van der Waals surface area contributed by atoms with Crippen LogP contribution >= 0.6 is 22.9 Å². The number of piperidine rings is 1. The summed E-state index contributed by atoms with van der Waals surface area (Å²) in [5.41, 5.74) is -0.942. The summed E-state index contributed by atoms with van der Waals surface area (Å²) in [6.07, 6.45) is 1.73. The van der Waals surface area contributed by atoms with E-state index in [9.17, 15) is 23.8 Å². The summed E-state index contributed by atoms with van der Waals surface area (Å²) < 4.78 is 29.1. The molecular weight excluding hydrogens is 486 g/mol. The molecule has 1 aliphatic heterocycles. The van der Waals surface area contributed by atoms with Crippen LogP contribution in [0.1, 0.15) is 24.1 Å². The Hall–Kier alpha value is -2.66. The highest BCUT2D eigenvalue weighted by molar-refractivity contribution is 7.13. The lowest BCUT2D eigenvalue weighted by Gasteiger charge is -2.44. The van der Waals surface area contributed by atoms with Crippen LogP contribution in [0.25, 0.3) is 0 Å². The third-order valence-corrected chi connectivity index (χ3v) is 7.16. The molecule has 1 fully saturated rings. The number of aromatic nitrogens is 2. The van der Waals surface area contributed by atoms with Crippen molar-refractivity contribution < 1.29 is 23.8 Å². The zero-order valence-corrected chi connectivity index (χ0v) is 19.6. The van der Waals surface area contributed by atoms with Crippen molar-refractivity contribution in [2.24, 2.45) is 5.41 Å². The van der Waals surface area contributed by atoms with E-state index in [4.69, 9.17) is 11.6 Å². The molecular formula is C23H23ClF2N4O3S. The number of likely N-dealkylation sites (tertiary alicyclic amines) is 1. The van der Waals surface area contributed by atoms with Gasteiger partial charge in [0.1, 0.15) is 17.5 Å². The zero-order chi connectivity index (χ0) is 24.3. The van der Waals surface area contributed by atoms with Crippen molar-refractivity contribution in [1.29, 1.82) is 0 Å². The van der Waals surface area contributed by atoms with Crippen LogP contribution in [0.2, 0.25) is 5.02 Å². The van der Waals surface area contributed by atoms with Gasteiger partial charge in [-0.25, -0.2) is 18.7 Å². The molecule has 11 heteroatoms. The molecule has 0 aliphatic carbocycles. The van der Waals surface area contributed by atoms with Gasteiger partial charge in [-0.1, -0.05) is 23.7 Å². The van der Waals surface area contributed by atoms with E-state index in [1.54, 1.807) is 23.7 Å². The second-order valence-electron chi connectivity index (χ2n) is 8.32. The van der Waals surface area contributed by atoms with E-state index >= 15 is 0 Å². The number of aliphatic hydroxyl groups excluding tert-OH is 1. The molecule has 0 radical (unpaired) electrons. The Morgan fingerprint density at radius 3 is 2.85 bits per heavy atom. The summed E-state index contributed by atoms with van der Waals surface area (Å²) in [5, 5.41) is 25.5. The van der Waals surface area contributed by atoms with Crippen molar-refractivity contribution in [3.63, 3.8) is 0 Å². The van der Waals surface area contributed by atoms with Gasteiger partial charge in [-0.3, -0.25) is 9.69 Å². The molecule has 2 aromatic heterocycles. The van der Waals surface area contributed by atoms with E-state index in [0.717, 1.165) is 0 Å². The number of carboxylic acid groups (broad SMARTS) is 1. The standard InChI is InChI=1S/C23H23ClF2N4O3S/c24-16-3-1-2-14(20(16)26)12-30-8-6-23(21(32)33,10-15(30)13-31)11-18-17(25)4-5-19(28-18)29-22-27-7-9-34-22/h1-5,7,9,15,31H,6,8,10-13H2,(H,32,33)(H,27,28,29). The summed E-state index contributed by atoms with van der Waals surface area (Å²) >= 11 is 7.23. The van der Waals surface area contributed by atoms with Gasteiger partial charge in [0.15, 0.2) is 5.13 Å². The summed E-state index contributed by atoms with van der Waals surface area (Å²) in [6.45, 7) is 0.133. The third kappa shape index (κ3) is 5.20. The molecule has 4 rings (SSSR count). The van der Waals surface area contributed by atoms with Gasteiger partial charge in [-0.05, 0) is 37.6 Å². The number of benzene rings is 1. The average molecular weight is 509 g/mol. The van der Waals surface area contributed by atoms with E-state index in [0.29, 0.717) is 16.5 Å². The van der Waals surface area contributed by atoms with Crippen LogP contribution in [-0.4, -0.2) is 50.2 Å². The number of nitrogens with zero attached hydrogens (tertiary/aromatic N) is 3. The number of hydrogen-bond donors (Lipinski definition) is 3. The second-order valence-corrected chi connectivity index (χ2v) is 9.63. The molecule has 1 aliphatic rings. The molecule has 3 N–H and O–H groups in total. The van der Waals surface area contributed by atoms with Crippen molar-refractivity contribution in [2.45, 2.75) is 31.8 Å². The Kier molecular flexibility index (Phi) is 7.42. The molecule has 3 aromatic rings. The molecule has 34 heavy (non-hydrogen) atoms. The van der Waals surface area contributed by atoms with Crippen LogP contribution in [0.15, 0.2) is 41.9 Å². The second kappa shape index (κ2) is 10.3. The fourth-order valence-electron chi connectivity index (χ4n) is 4.32. The lowest BCUT2D eigenvalue weighted by molar-refractivity contribution is -0.154. The minimum absolute atomic E-state index is 0.00253. The van der Waals surface area contributed by atoms with E-state index in [1.807, 2.05) is 4.90 Å². The fraction of sp³-hybridized carbons (Fsp3) is 0.348. The normalized spacial score (nSPS) is 20.9. The number of aliphatic hydroxyl groups is 1. The SMILES string of the molecule is O=C(O)C1(Cc2nc(Nc3nccs3)ccc2F)CCN(Cc2cccc(Cl)c2F)C(CO)C1. The first-order valence-electron chi connectivity index (χ1n) is 10.6. The van der Waals surface area contributed by atoms with Crippen molar-refractivity contribution >= 4 is 39.9 Å². The number of nitrogens with one attached hydrogen (secondary N) is 1. The predicted molar refractivity (Wildman–Crippen MR) is 125 cm³/mol. The number of halogens is 3. The minimum Gasteiger partial charge on any atom is -0.481 e. The number of rotatable bonds is 8. The predicted octanol–water partition coefficient (Wildman–Crippen LogP) is 4.48. The molecule has 1 aromatic carbocycles. The first-order valence-corrected chi connectivity index (χ1v) is 11.9. The molecule has 0 bridgehead atoms. The smallest absolute Gasteiger partial charge is 0.310 e. The van der Waals surface area contributed by atoms with Gasteiger partial charge >= 0.3 is 5.97 Å².